The summed E-state index contributed by atoms with van der Waals surface area (Å²) in [6.45, 7) is 0.118. The fourth-order valence-corrected chi connectivity index (χ4v) is 3.74. The normalized spacial score (nSPS) is 12.2. The molecule has 8 nitrogen and oxygen atoms in total. The van der Waals surface area contributed by atoms with Crippen molar-refractivity contribution in [3.05, 3.63) is 66.4 Å². The Morgan fingerprint density at radius 1 is 1.00 bits per heavy atom. The van der Waals surface area contributed by atoms with Crippen molar-refractivity contribution in [1.29, 1.82) is 0 Å². The predicted octanol–water partition coefficient (Wildman–Crippen LogP) is 4.69. The average Bonchev–Trinajstić information content (AvgIpc) is 3.25. The summed E-state index contributed by atoms with van der Waals surface area (Å²) >= 11 is 1.04. The number of benzene rings is 2. The molecular formula is C22H16F3N3O5S. The predicted molar refractivity (Wildman–Crippen MR) is 117 cm³/mol. The van der Waals surface area contributed by atoms with E-state index in [1.807, 2.05) is 0 Å². The maximum Gasteiger partial charge on any atom is 0.573 e. The van der Waals surface area contributed by atoms with Gasteiger partial charge in [0.15, 0.2) is 11.5 Å². The molecule has 34 heavy (non-hydrogen) atoms. The number of carbonyl (C=O) groups is 2. The van der Waals surface area contributed by atoms with Gasteiger partial charge in [0.1, 0.15) is 10.8 Å². The molecule has 2 N–H and O–H groups in total. The highest BCUT2D eigenvalue weighted by Crippen LogP contribution is 2.34. The first-order valence-corrected chi connectivity index (χ1v) is 10.7. The van der Waals surface area contributed by atoms with Crippen molar-refractivity contribution in [1.82, 2.24) is 4.98 Å². The van der Waals surface area contributed by atoms with E-state index in [4.69, 9.17) is 9.47 Å². The molecule has 0 fully saturated rings. The molecule has 0 saturated carbocycles. The number of carbonyl (C=O) groups excluding carboxylic acids is 2. The van der Waals surface area contributed by atoms with Crippen molar-refractivity contribution >= 4 is 35.0 Å². The summed E-state index contributed by atoms with van der Waals surface area (Å²) in [5.41, 5.74) is 0.785. The van der Waals surface area contributed by atoms with Gasteiger partial charge >= 0.3 is 6.36 Å². The number of rotatable bonds is 7. The van der Waals surface area contributed by atoms with Crippen LogP contribution < -0.4 is 24.8 Å². The molecule has 0 bridgehead atoms. The van der Waals surface area contributed by atoms with Crippen LogP contribution >= 0.6 is 11.8 Å². The standard InChI is InChI=1S/C22H16F3N3O5S/c23-22(24,25)33-15-4-1-3-13(9-15)28-20(30)16-5-2-8-26-21(16)34-11-19(29)27-14-6-7-17-18(10-14)32-12-31-17/h1-10H,11-12H2,(H,27,29)(H,28,30). The van der Waals surface area contributed by atoms with E-state index in [2.05, 4.69) is 20.4 Å². The lowest BCUT2D eigenvalue weighted by Gasteiger charge is -2.12. The Kier molecular flexibility index (Phi) is 6.77. The first-order chi connectivity index (χ1) is 16.3. The molecule has 1 aromatic heterocycles. The van der Waals surface area contributed by atoms with Crippen LogP contribution in [0.5, 0.6) is 17.2 Å². The number of amides is 2. The van der Waals surface area contributed by atoms with Gasteiger partial charge in [0, 0.05) is 29.7 Å². The Labute approximate surface area is 195 Å². The van der Waals surface area contributed by atoms with Gasteiger partial charge in [-0.3, -0.25) is 9.59 Å². The van der Waals surface area contributed by atoms with Crippen LogP contribution in [0.4, 0.5) is 24.5 Å². The second-order valence-electron chi connectivity index (χ2n) is 6.79. The van der Waals surface area contributed by atoms with E-state index < -0.39 is 18.0 Å². The number of hydrogen-bond acceptors (Lipinski definition) is 7. The molecule has 12 heteroatoms. The van der Waals surface area contributed by atoms with Crippen LogP contribution in [0.2, 0.25) is 0 Å². The van der Waals surface area contributed by atoms with Crippen molar-refractivity contribution < 1.29 is 37.0 Å². The van der Waals surface area contributed by atoms with Gasteiger partial charge in [0.25, 0.3) is 5.91 Å². The molecule has 3 aromatic rings. The number of thioether (sulfide) groups is 1. The molecule has 0 aliphatic carbocycles. The van der Waals surface area contributed by atoms with Crippen molar-refractivity contribution in [2.75, 3.05) is 23.2 Å². The van der Waals surface area contributed by atoms with Crippen molar-refractivity contribution in [2.24, 2.45) is 0 Å². The fourth-order valence-electron chi connectivity index (χ4n) is 2.95. The zero-order valence-corrected chi connectivity index (χ0v) is 18.0. The van der Waals surface area contributed by atoms with Gasteiger partial charge in [-0.15, -0.1) is 13.2 Å². The Balaban J connectivity index is 1.38. The van der Waals surface area contributed by atoms with Gasteiger partial charge in [0.2, 0.25) is 12.7 Å². The van der Waals surface area contributed by atoms with E-state index in [9.17, 15) is 22.8 Å². The minimum atomic E-state index is -4.85. The number of alkyl halides is 3. The van der Waals surface area contributed by atoms with Gasteiger partial charge in [-0.05, 0) is 36.4 Å². The Hall–Kier alpha value is -3.93. The van der Waals surface area contributed by atoms with Crippen LogP contribution in [0.15, 0.2) is 65.8 Å². The number of aromatic nitrogens is 1. The van der Waals surface area contributed by atoms with Crippen LogP contribution in [-0.2, 0) is 4.79 Å². The summed E-state index contributed by atoms with van der Waals surface area (Å²) in [7, 11) is 0. The van der Waals surface area contributed by atoms with E-state index in [1.165, 1.54) is 30.5 Å². The molecule has 0 saturated heterocycles. The van der Waals surface area contributed by atoms with Crippen molar-refractivity contribution in [3.63, 3.8) is 0 Å². The van der Waals surface area contributed by atoms with E-state index >= 15 is 0 Å². The highest BCUT2D eigenvalue weighted by molar-refractivity contribution is 8.00. The molecular weight excluding hydrogens is 475 g/mol. The second kappa shape index (κ2) is 9.91. The summed E-state index contributed by atoms with van der Waals surface area (Å²) in [4.78, 5) is 29.2. The van der Waals surface area contributed by atoms with Crippen molar-refractivity contribution in [2.45, 2.75) is 11.4 Å². The molecule has 0 radical (unpaired) electrons. The van der Waals surface area contributed by atoms with E-state index in [1.54, 1.807) is 18.2 Å². The molecule has 2 heterocycles. The lowest BCUT2D eigenvalue weighted by Crippen LogP contribution is -2.18. The van der Waals surface area contributed by atoms with E-state index in [-0.39, 0.29) is 34.7 Å². The molecule has 1 aliphatic rings. The van der Waals surface area contributed by atoms with Crippen LogP contribution in [0.25, 0.3) is 0 Å². The monoisotopic (exact) mass is 491 g/mol. The number of ether oxygens (including phenoxy) is 3. The third kappa shape index (κ3) is 6.10. The summed E-state index contributed by atoms with van der Waals surface area (Å²) in [6, 6.07) is 12.9. The van der Waals surface area contributed by atoms with Gasteiger partial charge in [-0.2, -0.15) is 0 Å². The van der Waals surface area contributed by atoms with Gasteiger partial charge < -0.3 is 24.8 Å². The minimum absolute atomic E-state index is 0.0410. The molecule has 4 rings (SSSR count). The largest absolute Gasteiger partial charge is 0.573 e. The Morgan fingerprint density at radius 2 is 1.79 bits per heavy atom. The number of anilines is 2. The number of fused-ring (bicyclic) bond motifs is 1. The maximum absolute atomic E-state index is 12.7. The van der Waals surface area contributed by atoms with Gasteiger partial charge in [-0.1, -0.05) is 17.8 Å². The number of pyridine rings is 1. The number of hydrogen-bond donors (Lipinski definition) is 2. The second-order valence-corrected chi connectivity index (χ2v) is 7.75. The number of halogens is 3. The summed E-state index contributed by atoms with van der Waals surface area (Å²) in [5.74, 6) is -0.327. The highest BCUT2D eigenvalue weighted by Gasteiger charge is 2.31. The van der Waals surface area contributed by atoms with Gasteiger partial charge in [0.05, 0.1) is 11.3 Å². The summed E-state index contributed by atoms with van der Waals surface area (Å²) < 4.78 is 51.7. The molecule has 1 aliphatic heterocycles. The highest BCUT2D eigenvalue weighted by atomic mass is 32.2. The molecule has 176 valence electrons. The molecule has 0 unspecified atom stereocenters. The zero-order valence-electron chi connectivity index (χ0n) is 17.2. The quantitative estimate of drug-likeness (QED) is 0.463. The van der Waals surface area contributed by atoms with Crippen LogP contribution in [-0.4, -0.2) is 35.7 Å². The zero-order chi connectivity index (χ0) is 24.1. The maximum atomic E-state index is 12.7. The van der Waals surface area contributed by atoms with E-state index in [0.29, 0.717) is 17.2 Å². The lowest BCUT2D eigenvalue weighted by atomic mass is 10.2. The topological polar surface area (TPSA) is 98.8 Å². The van der Waals surface area contributed by atoms with Crippen molar-refractivity contribution in [3.8, 4) is 17.2 Å². The van der Waals surface area contributed by atoms with Crippen LogP contribution in [0, 0.1) is 0 Å². The van der Waals surface area contributed by atoms with E-state index in [0.717, 1.165) is 23.9 Å². The number of nitrogens with one attached hydrogen (secondary N) is 2. The lowest BCUT2D eigenvalue weighted by molar-refractivity contribution is -0.274. The van der Waals surface area contributed by atoms with Crippen LogP contribution in [0.1, 0.15) is 10.4 Å². The summed E-state index contributed by atoms with van der Waals surface area (Å²) in [5, 5.41) is 5.52. The first-order valence-electron chi connectivity index (χ1n) is 9.71. The summed E-state index contributed by atoms with van der Waals surface area (Å²) in [6.07, 6.45) is -3.39. The number of nitrogens with zero attached hydrogens (tertiary/aromatic N) is 1. The smallest absolute Gasteiger partial charge is 0.454 e. The fraction of sp³-hybridized carbons (Fsp3) is 0.136. The minimum Gasteiger partial charge on any atom is -0.454 e. The van der Waals surface area contributed by atoms with Gasteiger partial charge in [-0.25, -0.2) is 4.98 Å². The third-order valence-electron chi connectivity index (χ3n) is 4.34. The average molecular weight is 491 g/mol. The first kappa shape index (κ1) is 23.2. The van der Waals surface area contributed by atoms with Crippen LogP contribution in [0.3, 0.4) is 0 Å². The SMILES string of the molecule is O=C(CSc1ncccc1C(=O)Nc1cccc(OC(F)(F)F)c1)Nc1ccc2c(c1)OCO2. The molecule has 2 aromatic carbocycles. The Morgan fingerprint density at radius 3 is 2.62 bits per heavy atom. The molecule has 0 atom stereocenters. The Bertz CT molecular complexity index is 1220. The molecule has 2 amide bonds. The molecule has 0 spiro atoms. The third-order valence-corrected chi connectivity index (χ3v) is 5.34.